The standard InChI is InChI=1S/C38H55NO4SSi2/c1-11-42-35(40)27-29-22-23-34(45(8,9)10)36-30(26-29)28-39(44(41)37(2,3)4)33(36)24-25-43-46(38(5,6)7,31-18-14-12-15-19-31)32-20-16-13-17-21-32/h12-21,26-27,33H,11,22-25,28H2,1-10H3/b29-27+/t33-,44-/m1/s1. The second kappa shape index (κ2) is 14.4. The minimum atomic E-state index is -2.73. The third kappa shape index (κ3) is 7.84. The first-order valence-electron chi connectivity index (χ1n) is 16.8. The molecule has 0 spiro atoms. The lowest BCUT2D eigenvalue weighted by Crippen LogP contribution is -2.66. The third-order valence-corrected chi connectivity index (χ3v) is 18.3. The van der Waals surface area contributed by atoms with Gasteiger partial charge in [-0.2, -0.15) is 0 Å². The average Bonchev–Trinajstić information content (AvgIpc) is 3.19. The van der Waals surface area contributed by atoms with Crippen LogP contribution in [0, 0.1) is 0 Å². The third-order valence-electron chi connectivity index (χ3n) is 9.06. The maximum atomic E-state index is 14.2. The zero-order valence-corrected chi connectivity index (χ0v) is 32.6. The van der Waals surface area contributed by atoms with Crippen molar-refractivity contribution in [3.63, 3.8) is 0 Å². The van der Waals surface area contributed by atoms with Crippen molar-refractivity contribution in [3.05, 3.63) is 94.7 Å². The maximum absolute atomic E-state index is 14.2. The molecule has 0 bridgehead atoms. The van der Waals surface area contributed by atoms with Gasteiger partial charge in [0.25, 0.3) is 8.32 Å². The highest BCUT2D eigenvalue weighted by Crippen LogP contribution is 2.44. The van der Waals surface area contributed by atoms with Crippen LogP contribution in [0.4, 0.5) is 0 Å². The van der Waals surface area contributed by atoms with Crippen LogP contribution in [0.5, 0.6) is 0 Å². The first kappa shape index (κ1) is 36.5. The van der Waals surface area contributed by atoms with Gasteiger partial charge in [-0.15, -0.1) is 0 Å². The van der Waals surface area contributed by atoms with Crippen LogP contribution in [0.25, 0.3) is 0 Å². The zero-order valence-electron chi connectivity index (χ0n) is 29.7. The van der Waals surface area contributed by atoms with E-state index < -0.39 is 32.1 Å². The molecule has 1 aliphatic heterocycles. The van der Waals surface area contributed by atoms with Gasteiger partial charge in [0.2, 0.25) is 0 Å². The van der Waals surface area contributed by atoms with Gasteiger partial charge in [0.1, 0.15) is 11.0 Å². The van der Waals surface area contributed by atoms with Crippen LogP contribution in [-0.2, 0) is 24.9 Å². The summed E-state index contributed by atoms with van der Waals surface area (Å²) >= 11 is 0. The first-order valence-corrected chi connectivity index (χ1v) is 23.3. The molecule has 0 radical (unpaired) electrons. The highest BCUT2D eigenvalue weighted by Gasteiger charge is 2.51. The highest BCUT2D eigenvalue weighted by atomic mass is 32.2. The van der Waals surface area contributed by atoms with Crippen molar-refractivity contribution in [2.75, 3.05) is 19.8 Å². The van der Waals surface area contributed by atoms with Crippen molar-refractivity contribution in [2.45, 2.75) is 103 Å². The largest absolute Gasteiger partial charge is 0.463 e. The second-order valence-corrected chi connectivity index (χ2v) is 27.1. The van der Waals surface area contributed by atoms with Gasteiger partial charge in [-0.1, -0.05) is 112 Å². The molecule has 0 amide bonds. The Labute approximate surface area is 282 Å². The van der Waals surface area contributed by atoms with E-state index in [1.54, 1.807) is 6.08 Å². The quantitative estimate of drug-likeness (QED) is 0.149. The average molecular weight is 678 g/mol. The second-order valence-electron chi connectivity index (χ2n) is 15.5. The number of ether oxygens (including phenoxy) is 1. The molecule has 2 aromatic rings. The van der Waals surface area contributed by atoms with E-state index in [9.17, 15) is 9.00 Å². The van der Waals surface area contributed by atoms with E-state index in [2.05, 4.69) is 132 Å². The predicted octanol–water partition coefficient (Wildman–Crippen LogP) is 7.48. The van der Waals surface area contributed by atoms with Gasteiger partial charge in [-0.05, 0) is 79.1 Å². The zero-order chi connectivity index (χ0) is 33.9. The number of hydrogen-bond donors (Lipinski definition) is 0. The van der Waals surface area contributed by atoms with Gasteiger partial charge in [-0.3, -0.25) is 0 Å². The fourth-order valence-corrected chi connectivity index (χ4v) is 15.1. The van der Waals surface area contributed by atoms with Crippen LogP contribution in [0.3, 0.4) is 0 Å². The van der Waals surface area contributed by atoms with E-state index in [-0.39, 0.29) is 17.0 Å². The fraction of sp³-hybridized carbons (Fsp3) is 0.500. The van der Waals surface area contributed by atoms with Crippen LogP contribution < -0.4 is 10.4 Å². The number of fused-ring (bicyclic) bond motifs is 1. The molecular formula is C38H55NO4SSi2. The van der Waals surface area contributed by atoms with E-state index >= 15 is 0 Å². The molecule has 1 heterocycles. The number of carbonyl (C=O) groups is 1. The van der Waals surface area contributed by atoms with Gasteiger partial charge >= 0.3 is 5.97 Å². The topological polar surface area (TPSA) is 55.8 Å². The number of rotatable bonds is 10. The molecule has 2 aromatic carbocycles. The minimum absolute atomic E-state index is 0.0341. The van der Waals surface area contributed by atoms with Crippen LogP contribution >= 0.6 is 0 Å². The molecule has 46 heavy (non-hydrogen) atoms. The van der Waals surface area contributed by atoms with Gasteiger partial charge in [0.15, 0.2) is 0 Å². The molecule has 1 aliphatic carbocycles. The molecule has 8 heteroatoms. The number of benzene rings is 2. The SMILES string of the molecule is CCOC(=O)/C=C1/C=C2CN([S@](=O)C(C)(C)C)[C@H](CCO[Si](c3ccccc3)(c3ccccc3)C(C)(C)C)C2=C([Si](C)(C)C)CC1. The Morgan fingerprint density at radius 3 is 1.98 bits per heavy atom. The van der Waals surface area contributed by atoms with Crippen molar-refractivity contribution < 1.29 is 18.2 Å². The van der Waals surface area contributed by atoms with E-state index in [0.29, 0.717) is 19.8 Å². The summed E-state index contributed by atoms with van der Waals surface area (Å²) in [5.41, 5.74) is 3.53. The number of hydrogen-bond acceptors (Lipinski definition) is 4. The molecular weight excluding hydrogens is 623 g/mol. The summed E-state index contributed by atoms with van der Waals surface area (Å²) in [5, 5.41) is 3.92. The Morgan fingerprint density at radius 1 is 0.935 bits per heavy atom. The van der Waals surface area contributed by atoms with Gasteiger partial charge in [0.05, 0.1) is 19.4 Å². The molecule has 250 valence electrons. The molecule has 0 unspecified atom stereocenters. The monoisotopic (exact) mass is 677 g/mol. The maximum Gasteiger partial charge on any atom is 0.331 e. The first-order chi connectivity index (χ1) is 21.5. The van der Waals surface area contributed by atoms with Crippen molar-refractivity contribution in [2.24, 2.45) is 0 Å². The number of esters is 1. The van der Waals surface area contributed by atoms with Gasteiger partial charge in [0, 0.05) is 25.3 Å². The molecule has 2 aliphatic rings. The van der Waals surface area contributed by atoms with Crippen molar-refractivity contribution >= 4 is 43.7 Å². The molecule has 1 saturated heterocycles. The molecule has 0 aromatic heterocycles. The Kier molecular flexibility index (Phi) is 11.4. The van der Waals surface area contributed by atoms with E-state index in [1.165, 1.54) is 26.7 Å². The van der Waals surface area contributed by atoms with Crippen LogP contribution in [0.1, 0.15) is 67.7 Å². The van der Waals surface area contributed by atoms with Gasteiger partial charge < -0.3 is 9.16 Å². The Bertz CT molecular complexity index is 1460. The Morgan fingerprint density at radius 2 is 1.50 bits per heavy atom. The lowest BCUT2D eigenvalue weighted by atomic mass is 10.0. The van der Waals surface area contributed by atoms with Crippen LogP contribution in [0.2, 0.25) is 24.7 Å². The Balaban J connectivity index is 1.82. The van der Waals surface area contributed by atoms with Crippen molar-refractivity contribution in [1.82, 2.24) is 4.31 Å². The predicted molar refractivity (Wildman–Crippen MR) is 199 cm³/mol. The van der Waals surface area contributed by atoms with E-state index in [1.807, 2.05) is 6.92 Å². The number of nitrogens with zero attached hydrogens (tertiary/aromatic N) is 1. The molecule has 0 saturated carbocycles. The van der Waals surface area contributed by atoms with E-state index in [4.69, 9.17) is 9.16 Å². The molecule has 1 fully saturated rings. The van der Waals surface area contributed by atoms with Crippen LogP contribution in [0.15, 0.2) is 94.7 Å². The summed E-state index contributed by atoms with van der Waals surface area (Å²) in [6.45, 7) is 23.7. The lowest BCUT2D eigenvalue weighted by Gasteiger charge is -2.43. The number of allylic oxidation sites excluding steroid dienone is 3. The minimum Gasteiger partial charge on any atom is -0.463 e. The normalized spacial score (nSPS) is 19.9. The highest BCUT2D eigenvalue weighted by molar-refractivity contribution is 7.84. The van der Waals surface area contributed by atoms with Crippen molar-refractivity contribution in [1.29, 1.82) is 0 Å². The summed E-state index contributed by atoms with van der Waals surface area (Å²) in [4.78, 5) is 12.5. The number of carbonyl (C=O) groups excluding carboxylic acids is 1. The van der Waals surface area contributed by atoms with E-state index in [0.717, 1.165) is 24.8 Å². The van der Waals surface area contributed by atoms with Gasteiger partial charge in [-0.25, -0.2) is 13.3 Å². The molecule has 5 nitrogen and oxygen atoms in total. The molecule has 0 N–H and O–H groups in total. The lowest BCUT2D eigenvalue weighted by molar-refractivity contribution is -0.137. The summed E-state index contributed by atoms with van der Waals surface area (Å²) in [7, 11) is -5.74. The fourth-order valence-electron chi connectivity index (χ4n) is 7.07. The molecule has 2 atom stereocenters. The summed E-state index contributed by atoms with van der Waals surface area (Å²) in [6.07, 6.45) is 6.29. The summed E-state index contributed by atoms with van der Waals surface area (Å²) in [5.74, 6) is -0.296. The molecule has 4 rings (SSSR count). The van der Waals surface area contributed by atoms with Crippen molar-refractivity contribution in [3.8, 4) is 0 Å². The summed E-state index contributed by atoms with van der Waals surface area (Å²) < 4.78 is 28.7. The van der Waals surface area contributed by atoms with Crippen LogP contribution in [-0.4, -0.2) is 61.4 Å². The summed E-state index contributed by atoms with van der Waals surface area (Å²) in [6, 6.07) is 21.5. The Hall–Kier alpha value is -2.37. The smallest absolute Gasteiger partial charge is 0.331 e.